The Balaban J connectivity index is 1.82. The second kappa shape index (κ2) is 9.42. The first-order chi connectivity index (χ1) is 14.1. The number of hydrazone groups is 1. The Kier molecular flexibility index (Phi) is 6.48. The van der Waals surface area contributed by atoms with Crippen molar-refractivity contribution in [2.24, 2.45) is 15.9 Å². The Labute approximate surface area is 167 Å². The molecule has 10 nitrogen and oxygen atoms in total. The van der Waals surface area contributed by atoms with Crippen molar-refractivity contribution >= 4 is 17.9 Å². The maximum absolute atomic E-state index is 5.87. The minimum absolute atomic E-state index is 0.0750. The third kappa shape index (κ3) is 5.14. The number of aryl methyl sites for hydroxylation is 1. The third-order valence-corrected chi connectivity index (χ3v) is 3.89. The third-order valence-electron chi connectivity index (χ3n) is 3.89. The van der Waals surface area contributed by atoms with E-state index in [9.17, 15) is 0 Å². The van der Waals surface area contributed by atoms with Gasteiger partial charge in [-0.2, -0.15) is 5.10 Å². The molecule has 3 heterocycles. The van der Waals surface area contributed by atoms with Crippen molar-refractivity contribution in [1.82, 2.24) is 24.9 Å². The van der Waals surface area contributed by atoms with Crippen LogP contribution in [-0.2, 0) is 17.9 Å². The second-order valence-corrected chi connectivity index (χ2v) is 6.02. The number of ether oxygens (including phenoxy) is 1. The molecule has 0 fully saturated rings. The number of nitrogens with two attached hydrogens (primary N) is 2. The number of methoxy groups -OCH3 is 1. The number of aromatic nitrogens is 5. The first-order valence-electron chi connectivity index (χ1n) is 8.75. The van der Waals surface area contributed by atoms with Gasteiger partial charge in [-0.25, -0.2) is 9.97 Å². The molecule has 0 saturated heterocycles. The van der Waals surface area contributed by atoms with Crippen molar-refractivity contribution in [3.05, 3.63) is 59.4 Å². The lowest BCUT2D eigenvalue weighted by molar-refractivity contribution is 0.181. The summed E-state index contributed by atoms with van der Waals surface area (Å²) in [5.74, 6) is 5.63. The molecule has 0 atom stereocenters. The fourth-order valence-electron chi connectivity index (χ4n) is 2.61. The van der Waals surface area contributed by atoms with E-state index < -0.39 is 0 Å². The first kappa shape index (κ1) is 20.0. The van der Waals surface area contributed by atoms with Crippen molar-refractivity contribution in [2.75, 3.05) is 12.8 Å². The normalized spacial score (nSPS) is 11.9. The van der Waals surface area contributed by atoms with Crippen LogP contribution in [0.25, 0.3) is 11.4 Å². The number of hydrogen-bond donors (Lipinski definition) is 2. The number of anilines is 1. The molecule has 0 unspecified atom stereocenters. The van der Waals surface area contributed by atoms with Gasteiger partial charge in [0, 0.05) is 19.5 Å². The largest absolute Gasteiger partial charge is 0.378 e. The van der Waals surface area contributed by atoms with Gasteiger partial charge in [-0.15, -0.1) is 0 Å². The lowest BCUT2D eigenvalue weighted by atomic mass is 10.2. The predicted octanol–water partition coefficient (Wildman–Crippen LogP) is 1.30. The summed E-state index contributed by atoms with van der Waals surface area (Å²) in [5.41, 5.74) is 10.2. The van der Waals surface area contributed by atoms with Gasteiger partial charge in [-0.05, 0) is 25.1 Å². The molecule has 0 saturated carbocycles. The van der Waals surface area contributed by atoms with E-state index in [1.807, 2.05) is 25.1 Å². The second-order valence-electron chi connectivity index (χ2n) is 6.02. The predicted molar refractivity (Wildman–Crippen MR) is 110 cm³/mol. The van der Waals surface area contributed by atoms with E-state index in [1.165, 1.54) is 6.21 Å². The van der Waals surface area contributed by atoms with Crippen molar-refractivity contribution in [2.45, 2.75) is 20.1 Å². The van der Waals surface area contributed by atoms with Crippen molar-refractivity contribution < 1.29 is 4.74 Å². The molecule has 29 heavy (non-hydrogen) atoms. The summed E-state index contributed by atoms with van der Waals surface area (Å²) in [7, 11) is 1.63. The zero-order valence-corrected chi connectivity index (χ0v) is 16.1. The highest BCUT2D eigenvalue weighted by Gasteiger charge is 2.12. The molecular weight excluding hydrogens is 370 g/mol. The molecule has 0 radical (unpaired) electrons. The molecule has 0 aromatic carbocycles. The van der Waals surface area contributed by atoms with Gasteiger partial charge in [0.1, 0.15) is 11.4 Å². The SMILES string of the molecule is COCc1cccc(CN=CC(=NN)c2cc(-c3nccnc3C)nc(N)n2)n1. The fourth-order valence-corrected chi connectivity index (χ4v) is 2.61. The topological polar surface area (TPSA) is 150 Å². The maximum atomic E-state index is 5.87. The first-order valence-corrected chi connectivity index (χ1v) is 8.75. The Hall–Kier alpha value is -3.79. The summed E-state index contributed by atoms with van der Waals surface area (Å²) in [6, 6.07) is 7.38. The van der Waals surface area contributed by atoms with Gasteiger partial charge in [0.2, 0.25) is 5.95 Å². The number of rotatable bonds is 7. The number of hydrogen-bond acceptors (Lipinski definition) is 10. The minimum atomic E-state index is 0.0750. The van der Waals surface area contributed by atoms with Gasteiger partial charge in [-0.1, -0.05) is 6.07 Å². The monoisotopic (exact) mass is 391 g/mol. The molecule has 3 aromatic rings. The van der Waals surface area contributed by atoms with E-state index in [-0.39, 0.29) is 5.95 Å². The molecule has 10 heteroatoms. The highest BCUT2D eigenvalue weighted by Crippen LogP contribution is 2.18. The Morgan fingerprint density at radius 3 is 2.69 bits per heavy atom. The molecule has 0 aliphatic carbocycles. The van der Waals surface area contributed by atoms with Crippen LogP contribution >= 0.6 is 0 Å². The zero-order valence-electron chi connectivity index (χ0n) is 16.1. The molecular formula is C19H21N9O. The van der Waals surface area contributed by atoms with Crippen molar-refractivity contribution in [3.63, 3.8) is 0 Å². The number of aliphatic imine (C=N–C) groups is 1. The van der Waals surface area contributed by atoms with Gasteiger partial charge in [0.05, 0.1) is 47.8 Å². The summed E-state index contributed by atoms with van der Waals surface area (Å²) < 4.78 is 5.10. The van der Waals surface area contributed by atoms with Gasteiger partial charge < -0.3 is 16.3 Å². The average Bonchev–Trinajstić information content (AvgIpc) is 2.72. The van der Waals surface area contributed by atoms with Crippen LogP contribution in [0.2, 0.25) is 0 Å². The van der Waals surface area contributed by atoms with E-state index in [0.29, 0.717) is 35.9 Å². The lowest BCUT2D eigenvalue weighted by Gasteiger charge is -2.06. The minimum Gasteiger partial charge on any atom is -0.378 e. The number of nitrogen functional groups attached to an aromatic ring is 1. The van der Waals surface area contributed by atoms with Gasteiger partial charge in [0.15, 0.2) is 0 Å². The summed E-state index contributed by atoms with van der Waals surface area (Å²) >= 11 is 0. The maximum Gasteiger partial charge on any atom is 0.221 e. The molecule has 0 aliphatic rings. The van der Waals surface area contributed by atoms with Crippen LogP contribution in [0.15, 0.2) is 46.8 Å². The average molecular weight is 391 g/mol. The molecule has 0 bridgehead atoms. The van der Waals surface area contributed by atoms with Crippen molar-refractivity contribution in [3.8, 4) is 11.4 Å². The van der Waals surface area contributed by atoms with E-state index in [4.69, 9.17) is 16.3 Å². The Morgan fingerprint density at radius 1 is 1.14 bits per heavy atom. The summed E-state index contributed by atoms with van der Waals surface area (Å²) in [4.78, 5) is 25.8. The van der Waals surface area contributed by atoms with Crippen LogP contribution in [0.4, 0.5) is 5.95 Å². The molecule has 0 aliphatic heterocycles. The van der Waals surface area contributed by atoms with E-state index >= 15 is 0 Å². The fraction of sp³-hybridized carbons (Fsp3) is 0.211. The van der Waals surface area contributed by atoms with Crippen LogP contribution in [-0.4, -0.2) is 44.0 Å². The molecule has 4 N–H and O–H groups in total. The highest BCUT2D eigenvalue weighted by molar-refractivity contribution is 6.37. The van der Waals surface area contributed by atoms with Crippen LogP contribution in [0.5, 0.6) is 0 Å². The van der Waals surface area contributed by atoms with Crippen LogP contribution in [0.3, 0.4) is 0 Å². The highest BCUT2D eigenvalue weighted by atomic mass is 16.5. The summed E-state index contributed by atoms with van der Waals surface area (Å²) in [5, 5.41) is 3.78. The van der Waals surface area contributed by atoms with Gasteiger partial charge in [0.25, 0.3) is 0 Å². The van der Waals surface area contributed by atoms with Crippen LogP contribution in [0, 0.1) is 6.92 Å². The standard InChI is InChI=1S/C19H21N9O/c1-12-18(24-7-6-23-12)16-8-15(26-19(20)27-16)17(28-21)10-22-9-13-4-3-5-14(25-13)11-29-2/h3-8,10H,9,11,21H2,1-2H3,(H2,20,26,27). The van der Waals surface area contributed by atoms with Crippen LogP contribution in [0.1, 0.15) is 22.8 Å². The van der Waals surface area contributed by atoms with Crippen LogP contribution < -0.4 is 11.6 Å². The molecule has 3 rings (SSSR count). The summed E-state index contributed by atoms with van der Waals surface area (Å²) in [6.07, 6.45) is 4.73. The van der Waals surface area contributed by atoms with Gasteiger partial charge >= 0.3 is 0 Å². The molecule has 3 aromatic heterocycles. The molecule has 0 amide bonds. The smallest absolute Gasteiger partial charge is 0.221 e. The van der Waals surface area contributed by atoms with Gasteiger partial charge in [-0.3, -0.25) is 19.9 Å². The van der Waals surface area contributed by atoms with Crippen molar-refractivity contribution in [1.29, 1.82) is 0 Å². The molecule has 0 spiro atoms. The lowest BCUT2D eigenvalue weighted by Crippen LogP contribution is -2.12. The molecule has 148 valence electrons. The quantitative estimate of drug-likeness (QED) is 0.347. The number of pyridine rings is 1. The number of nitrogens with zero attached hydrogens (tertiary/aromatic N) is 7. The van der Waals surface area contributed by atoms with E-state index in [1.54, 1.807) is 25.6 Å². The van der Waals surface area contributed by atoms with E-state index in [0.717, 1.165) is 17.1 Å². The zero-order chi connectivity index (χ0) is 20.6. The Morgan fingerprint density at radius 2 is 1.93 bits per heavy atom. The summed E-state index contributed by atoms with van der Waals surface area (Å²) in [6.45, 7) is 2.63. The van der Waals surface area contributed by atoms with E-state index in [2.05, 4.69) is 35.0 Å². The Bertz CT molecular complexity index is 1050.